The first kappa shape index (κ1) is 16.1. The number of benzene rings is 1. The zero-order valence-corrected chi connectivity index (χ0v) is 14.0. The standard InChI is InChI=1S/C18H25NOS/c1-4-15-5-7-16(8-6-15)20-13-18-10-9-17(21-18)12-19-11-14(2)3/h5-10,14,19H,4,11-13H2,1-3H3. The van der Waals surface area contributed by atoms with Crippen LogP contribution in [0.1, 0.15) is 36.1 Å². The van der Waals surface area contributed by atoms with Gasteiger partial charge in [-0.25, -0.2) is 0 Å². The Morgan fingerprint density at radius 2 is 1.76 bits per heavy atom. The van der Waals surface area contributed by atoms with Crippen LogP contribution in [0.25, 0.3) is 0 Å². The summed E-state index contributed by atoms with van der Waals surface area (Å²) in [6, 6.07) is 12.7. The average Bonchev–Trinajstić information content (AvgIpc) is 2.93. The maximum absolute atomic E-state index is 5.84. The Labute approximate surface area is 132 Å². The molecule has 0 aliphatic heterocycles. The minimum absolute atomic E-state index is 0.653. The Morgan fingerprint density at radius 3 is 2.43 bits per heavy atom. The lowest BCUT2D eigenvalue weighted by Gasteiger charge is -2.06. The molecule has 1 aromatic carbocycles. The molecular formula is C18H25NOS. The van der Waals surface area contributed by atoms with Gasteiger partial charge in [0.15, 0.2) is 0 Å². The van der Waals surface area contributed by atoms with E-state index in [1.54, 1.807) is 0 Å². The van der Waals surface area contributed by atoms with E-state index >= 15 is 0 Å². The van der Waals surface area contributed by atoms with E-state index in [2.05, 4.69) is 62.5 Å². The molecule has 1 heterocycles. The molecule has 0 aliphatic carbocycles. The number of hydrogen-bond acceptors (Lipinski definition) is 3. The minimum atomic E-state index is 0.653. The molecule has 0 atom stereocenters. The fourth-order valence-electron chi connectivity index (χ4n) is 2.05. The van der Waals surface area contributed by atoms with Gasteiger partial charge in [0.2, 0.25) is 0 Å². The van der Waals surface area contributed by atoms with Crippen molar-refractivity contribution in [2.75, 3.05) is 6.54 Å². The third-order valence-electron chi connectivity index (χ3n) is 3.28. The summed E-state index contributed by atoms with van der Waals surface area (Å²) in [5.74, 6) is 1.64. The summed E-state index contributed by atoms with van der Waals surface area (Å²) >= 11 is 1.82. The van der Waals surface area contributed by atoms with Crippen molar-refractivity contribution >= 4 is 11.3 Å². The van der Waals surface area contributed by atoms with E-state index in [0.29, 0.717) is 12.5 Å². The van der Waals surface area contributed by atoms with Gasteiger partial charge in [0.05, 0.1) is 0 Å². The summed E-state index contributed by atoms with van der Waals surface area (Å²) < 4.78 is 5.84. The lowest BCUT2D eigenvalue weighted by atomic mass is 10.2. The topological polar surface area (TPSA) is 21.3 Å². The second-order valence-corrected chi connectivity index (χ2v) is 6.93. The van der Waals surface area contributed by atoms with Crippen molar-refractivity contribution in [3.8, 4) is 5.75 Å². The van der Waals surface area contributed by atoms with Gasteiger partial charge in [0.1, 0.15) is 12.4 Å². The van der Waals surface area contributed by atoms with Crippen molar-refractivity contribution in [2.45, 2.75) is 40.3 Å². The average molecular weight is 303 g/mol. The van der Waals surface area contributed by atoms with Crippen molar-refractivity contribution in [2.24, 2.45) is 5.92 Å². The van der Waals surface area contributed by atoms with E-state index in [-0.39, 0.29) is 0 Å². The molecule has 0 bridgehead atoms. The fraction of sp³-hybridized carbons (Fsp3) is 0.444. The van der Waals surface area contributed by atoms with Gasteiger partial charge >= 0.3 is 0 Å². The molecular weight excluding hydrogens is 278 g/mol. The van der Waals surface area contributed by atoms with E-state index < -0.39 is 0 Å². The first-order valence-corrected chi connectivity index (χ1v) is 8.49. The van der Waals surface area contributed by atoms with Crippen molar-refractivity contribution < 1.29 is 4.74 Å². The molecule has 21 heavy (non-hydrogen) atoms. The number of rotatable bonds is 8. The normalized spacial score (nSPS) is 11.0. The van der Waals surface area contributed by atoms with Crippen molar-refractivity contribution in [3.63, 3.8) is 0 Å². The van der Waals surface area contributed by atoms with E-state index in [1.165, 1.54) is 15.3 Å². The van der Waals surface area contributed by atoms with Crippen LogP contribution in [0.3, 0.4) is 0 Å². The Bertz CT molecular complexity index is 530. The molecule has 1 aromatic heterocycles. The zero-order valence-electron chi connectivity index (χ0n) is 13.2. The lowest BCUT2D eigenvalue weighted by molar-refractivity contribution is 0.310. The monoisotopic (exact) mass is 303 g/mol. The van der Waals surface area contributed by atoms with Crippen molar-refractivity contribution in [3.05, 3.63) is 51.7 Å². The largest absolute Gasteiger partial charge is 0.488 e. The predicted molar refractivity (Wildman–Crippen MR) is 91.0 cm³/mol. The highest BCUT2D eigenvalue weighted by Crippen LogP contribution is 2.20. The summed E-state index contributed by atoms with van der Waals surface area (Å²) in [4.78, 5) is 2.64. The highest BCUT2D eigenvalue weighted by atomic mass is 32.1. The van der Waals surface area contributed by atoms with Gasteiger partial charge in [-0.05, 0) is 48.7 Å². The fourth-order valence-corrected chi connectivity index (χ4v) is 2.96. The molecule has 0 saturated carbocycles. The Balaban J connectivity index is 1.79. The number of ether oxygens (including phenoxy) is 1. The van der Waals surface area contributed by atoms with Gasteiger partial charge in [-0.3, -0.25) is 0 Å². The van der Waals surface area contributed by atoms with Gasteiger partial charge in [-0.15, -0.1) is 11.3 Å². The highest BCUT2D eigenvalue weighted by molar-refractivity contribution is 7.11. The maximum atomic E-state index is 5.84. The second-order valence-electron chi connectivity index (χ2n) is 5.68. The first-order chi connectivity index (χ1) is 10.2. The molecule has 0 radical (unpaired) electrons. The van der Waals surface area contributed by atoms with Crippen LogP contribution in [0.4, 0.5) is 0 Å². The molecule has 0 saturated heterocycles. The van der Waals surface area contributed by atoms with Gasteiger partial charge in [-0.2, -0.15) is 0 Å². The molecule has 0 aliphatic rings. The summed E-state index contributed by atoms with van der Waals surface area (Å²) in [6.07, 6.45) is 1.07. The summed E-state index contributed by atoms with van der Waals surface area (Å²) in [5, 5.41) is 3.47. The van der Waals surface area contributed by atoms with Gasteiger partial charge in [-0.1, -0.05) is 32.9 Å². The quantitative estimate of drug-likeness (QED) is 0.767. The molecule has 0 amide bonds. The van der Waals surface area contributed by atoms with Crippen LogP contribution in [0, 0.1) is 5.92 Å². The van der Waals surface area contributed by atoms with Crippen LogP contribution in [0.5, 0.6) is 5.75 Å². The Hall–Kier alpha value is -1.32. The Kier molecular flexibility index (Phi) is 6.27. The number of nitrogens with one attached hydrogen (secondary N) is 1. The number of thiophene rings is 1. The molecule has 1 N–H and O–H groups in total. The molecule has 0 fully saturated rings. The molecule has 114 valence electrons. The van der Waals surface area contributed by atoms with Crippen LogP contribution in [-0.2, 0) is 19.6 Å². The first-order valence-electron chi connectivity index (χ1n) is 7.67. The van der Waals surface area contributed by atoms with Gasteiger partial charge in [0, 0.05) is 16.3 Å². The van der Waals surface area contributed by atoms with Crippen molar-refractivity contribution in [1.82, 2.24) is 5.32 Å². The SMILES string of the molecule is CCc1ccc(OCc2ccc(CNCC(C)C)s2)cc1. The van der Waals surface area contributed by atoms with Crippen LogP contribution in [0.2, 0.25) is 0 Å². The van der Waals surface area contributed by atoms with E-state index in [1.807, 2.05) is 11.3 Å². The molecule has 3 heteroatoms. The minimum Gasteiger partial charge on any atom is -0.488 e. The van der Waals surface area contributed by atoms with Crippen LogP contribution < -0.4 is 10.1 Å². The summed E-state index contributed by atoms with van der Waals surface area (Å²) in [6.45, 7) is 9.28. The van der Waals surface area contributed by atoms with E-state index in [4.69, 9.17) is 4.74 Å². The molecule has 2 nitrogen and oxygen atoms in total. The Morgan fingerprint density at radius 1 is 1.05 bits per heavy atom. The summed E-state index contributed by atoms with van der Waals surface area (Å²) in [7, 11) is 0. The van der Waals surface area contributed by atoms with Gasteiger partial charge in [0.25, 0.3) is 0 Å². The molecule has 2 rings (SSSR count). The molecule has 0 spiro atoms. The molecule has 0 unspecified atom stereocenters. The van der Waals surface area contributed by atoms with Crippen molar-refractivity contribution in [1.29, 1.82) is 0 Å². The maximum Gasteiger partial charge on any atom is 0.122 e. The lowest BCUT2D eigenvalue weighted by Crippen LogP contribution is -2.18. The number of hydrogen-bond donors (Lipinski definition) is 1. The number of aryl methyl sites for hydroxylation is 1. The van der Waals surface area contributed by atoms with Gasteiger partial charge < -0.3 is 10.1 Å². The zero-order chi connectivity index (χ0) is 15.1. The third kappa shape index (κ3) is 5.52. The smallest absolute Gasteiger partial charge is 0.122 e. The van der Waals surface area contributed by atoms with Crippen LogP contribution in [-0.4, -0.2) is 6.54 Å². The summed E-state index contributed by atoms with van der Waals surface area (Å²) in [5.41, 5.74) is 1.34. The second kappa shape index (κ2) is 8.20. The van der Waals surface area contributed by atoms with Crippen LogP contribution in [0.15, 0.2) is 36.4 Å². The molecule has 2 aromatic rings. The van der Waals surface area contributed by atoms with Crippen LogP contribution >= 0.6 is 11.3 Å². The highest BCUT2D eigenvalue weighted by Gasteiger charge is 2.02. The van der Waals surface area contributed by atoms with E-state index in [0.717, 1.165) is 25.3 Å². The predicted octanol–water partition coefficient (Wildman–Crippen LogP) is 4.64. The third-order valence-corrected chi connectivity index (χ3v) is 4.34. The van der Waals surface area contributed by atoms with E-state index in [9.17, 15) is 0 Å².